The molecule has 0 saturated heterocycles. The Morgan fingerprint density at radius 3 is 2.09 bits per heavy atom. The van der Waals surface area contributed by atoms with Gasteiger partial charge in [-0.25, -0.2) is 0 Å². The third-order valence-corrected chi connectivity index (χ3v) is 6.70. The van der Waals surface area contributed by atoms with Crippen molar-refractivity contribution in [3.05, 3.63) is 0 Å². The van der Waals surface area contributed by atoms with E-state index in [1.807, 2.05) is 0 Å². The first-order valence-electron chi connectivity index (χ1n) is 9.79. The molecule has 2 bridgehead atoms. The number of rotatable bonds is 4. The van der Waals surface area contributed by atoms with Crippen LogP contribution in [-0.2, 0) is 4.74 Å². The highest BCUT2D eigenvalue weighted by Gasteiger charge is 2.58. The van der Waals surface area contributed by atoms with Crippen molar-refractivity contribution in [2.75, 3.05) is 0 Å². The predicted octanol–water partition coefficient (Wildman–Crippen LogP) is 5.92. The first-order valence-corrected chi connectivity index (χ1v) is 9.79. The summed E-state index contributed by atoms with van der Waals surface area (Å²) >= 11 is 0. The number of hydrogen-bond donors (Lipinski definition) is 0. The molecule has 0 spiro atoms. The zero-order valence-corrected chi connectivity index (χ0v) is 16.0. The Hall–Kier alpha value is -0.0400. The molecule has 0 aromatic heterocycles. The molecule has 0 aromatic carbocycles. The molecule has 0 amide bonds. The minimum atomic E-state index is 0.0104. The van der Waals surface area contributed by atoms with E-state index in [0.29, 0.717) is 11.5 Å². The van der Waals surface area contributed by atoms with Crippen LogP contribution in [0, 0.1) is 40.9 Å². The molecule has 3 rings (SSSR count). The van der Waals surface area contributed by atoms with Gasteiger partial charge in [0.25, 0.3) is 0 Å². The van der Waals surface area contributed by atoms with Crippen LogP contribution in [0.4, 0.5) is 0 Å². The molecule has 0 heterocycles. The number of fused-ring (bicyclic) bond motifs is 2. The van der Waals surface area contributed by atoms with Crippen LogP contribution in [0.1, 0.15) is 80.6 Å². The maximum atomic E-state index is 6.63. The summed E-state index contributed by atoms with van der Waals surface area (Å²) in [6.07, 6.45) is 7.68. The molecule has 0 radical (unpaired) electrons. The van der Waals surface area contributed by atoms with E-state index in [4.69, 9.17) is 4.74 Å². The van der Waals surface area contributed by atoms with Crippen molar-refractivity contribution in [1.82, 2.24) is 0 Å². The summed E-state index contributed by atoms with van der Waals surface area (Å²) in [5.41, 5.74) is 0.463. The average molecular weight is 307 g/mol. The summed E-state index contributed by atoms with van der Waals surface area (Å²) in [5.74, 6) is 5.48. The lowest BCUT2D eigenvalue weighted by molar-refractivity contribution is -0.118. The topological polar surface area (TPSA) is 9.23 Å². The van der Waals surface area contributed by atoms with Crippen molar-refractivity contribution in [2.24, 2.45) is 40.9 Å². The lowest BCUT2D eigenvalue weighted by Gasteiger charge is -2.46. The van der Waals surface area contributed by atoms with Crippen LogP contribution >= 0.6 is 0 Å². The molecule has 0 N–H and O–H groups in total. The summed E-state index contributed by atoms with van der Waals surface area (Å²) in [6.45, 7) is 16.6. The second-order valence-electron chi connectivity index (χ2n) is 10.6. The van der Waals surface area contributed by atoms with Crippen LogP contribution in [0.5, 0.6) is 0 Å². The van der Waals surface area contributed by atoms with E-state index in [1.54, 1.807) is 0 Å². The molecule has 3 aliphatic carbocycles. The van der Waals surface area contributed by atoms with Crippen LogP contribution in [0.3, 0.4) is 0 Å². The van der Waals surface area contributed by atoms with Gasteiger partial charge in [-0.2, -0.15) is 0 Å². The van der Waals surface area contributed by atoms with Crippen molar-refractivity contribution >= 4 is 0 Å². The van der Waals surface area contributed by atoms with E-state index in [9.17, 15) is 0 Å². The van der Waals surface area contributed by atoms with Gasteiger partial charge in [0.05, 0.1) is 11.7 Å². The minimum Gasteiger partial charge on any atom is -0.372 e. The summed E-state index contributed by atoms with van der Waals surface area (Å²) in [5, 5.41) is 0. The van der Waals surface area contributed by atoms with E-state index < -0.39 is 0 Å². The van der Waals surface area contributed by atoms with Crippen LogP contribution in [0.2, 0.25) is 0 Å². The predicted molar refractivity (Wildman–Crippen MR) is 93.8 cm³/mol. The maximum absolute atomic E-state index is 6.63. The van der Waals surface area contributed by atoms with Gasteiger partial charge in [0.2, 0.25) is 0 Å². The largest absolute Gasteiger partial charge is 0.372 e. The lowest BCUT2D eigenvalue weighted by atomic mass is 9.61. The molecule has 3 aliphatic rings. The maximum Gasteiger partial charge on any atom is 0.0641 e. The molecule has 128 valence electrons. The molecule has 6 atom stereocenters. The molecule has 22 heavy (non-hydrogen) atoms. The summed E-state index contributed by atoms with van der Waals surface area (Å²) < 4.78 is 6.63. The molecule has 1 nitrogen and oxygen atoms in total. The monoisotopic (exact) mass is 306 g/mol. The minimum absolute atomic E-state index is 0.0104. The fraction of sp³-hybridized carbons (Fsp3) is 1.00. The fourth-order valence-corrected chi connectivity index (χ4v) is 6.13. The van der Waals surface area contributed by atoms with Gasteiger partial charge >= 0.3 is 0 Å². The van der Waals surface area contributed by atoms with Crippen molar-refractivity contribution < 1.29 is 4.74 Å². The fourth-order valence-electron chi connectivity index (χ4n) is 6.13. The zero-order valence-electron chi connectivity index (χ0n) is 16.0. The molecule has 0 aliphatic heterocycles. The first-order chi connectivity index (χ1) is 10.1. The Bertz CT molecular complexity index is 395. The first kappa shape index (κ1) is 16.8. The number of hydrogen-bond acceptors (Lipinski definition) is 1. The van der Waals surface area contributed by atoms with E-state index >= 15 is 0 Å². The standard InChI is InChI=1S/C21H38O/c1-8-15-14-11-16(18(15)20(2,3)4)17(12-14)19(13-9-10-13)22-21(5,6)7/h13-19H,8-12H2,1-7H3. The Balaban J connectivity index is 1.81. The summed E-state index contributed by atoms with van der Waals surface area (Å²) in [4.78, 5) is 0. The van der Waals surface area contributed by atoms with Gasteiger partial charge < -0.3 is 4.74 Å². The van der Waals surface area contributed by atoms with Gasteiger partial charge in [0.1, 0.15) is 0 Å². The van der Waals surface area contributed by atoms with Crippen molar-refractivity contribution in [3.63, 3.8) is 0 Å². The third kappa shape index (κ3) is 3.12. The normalized spacial score (nSPS) is 40.2. The molecular weight excluding hydrogens is 268 g/mol. The smallest absolute Gasteiger partial charge is 0.0641 e. The SMILES string of the molecule is CCC1C2CC(C(OC(C)(C)C)C3CC3)C(C2)C1C(C)(C)C. The second-order valence-corrected chi connectivity index (χ2v) is 10.6. The molecule has 0 aromatic rings. The molecule has 3 saturated carbocycles. The van der Waals surface area contributed by atoms with E-state index in [1.165, 1.54) is 32.1 Å². The van der Waals surface area contributed by atoms with Crippen LogP contribution in [-0.4, -0.2) is 11.7 Å². The van der Waals surface area contributed by atoms with Crippen molar-refractivity contribution in [3.8, 4) is 0 Å². The van der Waals surface area contributed by atoms with Gasteiger partial charge in [-0.1, -0.05) is 34.1 Å². The van der Waals surface area contributed by atoms with Crippen LogP contribution in [0.25, 0.3) is 0 Å². The van der Waals surface area contributed by atoms with Crippen LogP contribution < -0.4 is 0 Å². The van der Waals surface area contributed by atoms with Gasteiger partial charge in [-0.3, -0.25) is 0 Å². The van der Waals surface area contributed by atoms with Gasteiger partial charge in [0, 0.05) is 0 Å². The summed E-state index contributed by atoms with van der Waals surface area (Å²) in [7, 11) is 0. The van der Waals surface area contributed by atoms with Gasteiger partial charge in [-0.15, -0.1) is 0 Å². The molecule has 3 fully saturated rings. The average Bonchev–Trinajstić information content (AvgIpc) is 3.03. The zero-order chi connectivity index (χ0) is 16.3. The second kappa shape index (κ2) is 5.50. The Morgan fingerprint density at radius 2 is 1.64 bits per heavy atom. The highest BCUT2D eigenvalue weighted by Crippen LogP contribution is 2.63. The van der Waals surface area contributed by atoms with E-state index in [0.717, 1.165) is 35.5 Å². The Morgan fingerprint density at radius 1 is 1.00 bits per heavy atom. The van der Waals surface area contributed by atoms with E-state index in [2.05, 4.69) is 48.5 Å². The van der Waals surface area contributed by atoms with Crippen LogP contribution in [0.15, 0.2) is 0 Å². The van der Waals surface area contributed by atoms with Crippen molar-refractivity contribution in [2.45, 2.75) is 92.3 Å². The molecule has 6 unspecified atom stereocenters. The highest BCUT2D eigenvalue weighted by atomic mass is 16.5. The van der Waals surface area contributed by atoms with Gasteiger partial charge in [-0.05, 0) is 87.4 Å². The molecular formula is C21H38O. The van der Waals surface area contributed by atoms with E-state index in [-0.39, 0.29) is 5.60 Å². The lowest BCUT2D eigenvalue weighted by Crippen LogP contribution is -2.44. The highest BCUT2D eigenvalue weighted by molar-refractivity contribution is 5.07. The molecule has 1 heteroatoms. The Labute approximate surface area is 138 Å². The quantitative estimate of drug-likeness (QED) is 0.626. The third-order valence-electron chi connectivity index (χ3n) is 6.70. The Kier molecular flexibility index (Phi) is 4.20. The number of ether oxygens (including phenoxy) is 1. The summed E-state index contributed by atoms with van der Waals surface area (Å²) in [6, 6.07) is 0. The van der Waals surface area contributed by atoms with Crippen molar-refractivity contribution in [1.29, 1.82) is 0 Å². The van der Waals surface area contributed by atoms with Gasteiger partial charge in [0.15, 0.2) is 0 Å².